The van der Waals surface area contributed by atoms with Crippen molar-refractivity contribution in [3.8, 4) is 5.75 Å². The van der Waals surface area contributed by atoms with Crippen molar-refractivity contribution in [1.82, 2.24) is 10.3 Å². The molecule has 1 fully saturated rings. The molecule has 84 valence electrons. The fourth-order valence-corrected chi connectivity index (χ4v) is 2.19. The van der Waals surface area contributed by atoms with Gasteiger partial charge in [0, 0.05) is 23.6 Å². The lowest BCUT2D eigenvalue weighted by molar-refractivity contribution is 0.415. The minimum Gasteiger partial charge on any atom is -0.497 e. The van der Waals surface area contributed by atoms with Gasteiger partial charge in [-0.1, -0.05) is 0 Å². The van der Waals surface area contributed by atoms with Gasteiger partial charge in [0.15, 0.2) is 0 Å². The van der Waals surface area contributed by atoms with Crippen LogP contribution in [0, 0.1) is 0 Å². The second-order valence-electron chi connectivity index (χ2n) is 4.01. The van der Waals surface area contributed by atoms with Crippen LogP contribution in [0.3, 0.4) is 0 Å². The Morgan fingerprint density at radius 2 is 2.44 bits per heavy atom. The molecule has 1 atom stereocenters. The van der Waals surface area contributed by atoms with Crippen LogP contribution in [0.2, 0.25) is 0 Å². The number of nitrogens with one attached hydrogen (secondary N) is 2. The summed E-state index contributed by atoms with van der Waals surface area (Å²) in [6.07, 6.45) is 1.15. The van der Waals surface area contributed by atoms with E-state index in [1.54, 1.807) is 0 Å². The van der Waals surface area contributed by atoms with Crippen LogP contribution < -0.4 is 10.1 Å². The molecule has 0 aliphatic carbocycles. The average molecular weight is 220 g/mol. The van der Waals surface area contributed by atoms with Crippen molar-refractivity contribution in [2.45, 2.75) is 12.3 Å². The fourth-order valence-electron chi connectivity index (χ4n) is 2.19. The molecule has 16 heavy (non-hydrogen) atoms. The number of rotatable bonds is 2. The van der Waals surface area contributed by atoms with Gasteiger partial charge in [-0.2, -0.15) is 0 Å². The topological polar surface area (TPSA) is 37.0 Å². The Kier molecular flexibility index (Phi) is 1.51. The second-order valence-corrected chi connectivity index (χ2v) is 4.01. The zero-order valence-corrected chi connectivity index (χ0v) is 9.11. The van der Waals surface area contributed by atoms with Gasteiger partial charge < -0.3 is 15.0 Å². The number of hydrogen-bond acceptors (Lipinski definition) is 2. The second kappa shape index (κ2) is 3.83. The highest BCUT2D eigenvalue weighted by atomic mass is 16.5. The number of benzene rings is 1. The van der Waals surface area contributed by atoms with Crippen LogP contribution in [0.4, 0.5) is 0 Å². The van der Waals surface area contributed by atoms with Gasteiger partial charge in [0.25, 0.3) is 0 Å². The molecule has 0 radical (unpaired) electrons. The Bertz CT molecular complexity index is 677. The molecular formula is C13H16N2O. The number of methoxy groups -OCH3 is 1. The van der Waals surface area contributed by atoms with Gasteiger partial charge in [-0.05, 0) is 42.6 Å². The molecule has 0 spiro atoms. The first-order valence-electron chi connectivity index (χ1n) is 7.42. The Morgan fingerprint density at radius 1 is 1.50 bits per heavy atom. The SMILES string of the molecule is [2H]c1[nH]c2c([2H])c([2H])c(OC)c([2H])c2c1[C@@H]1CCNC1. The van der Waals surface area contributed by atoms with E-state index in [1.807, 2.05) is 0 Å². The van der Waals surface area contributed by atoms with Gasteiger partial charge in [-0.25, -0.2) is 0 Å². The fraction of sp³-hybridized carbons (Fsp3) is 0.385. The molecule has 2 N–H and O–H groups in total. The van der Waals surface area contributed by atoms with Crippen molar-refractivity contribution in [1.29, 1.82) is 0 Å². The van der Waals surface area contributed by atoms with E-state index in [0.717, 1.165) is 25.1 Å². The zero-order valence-electron chi connectivity index (χ0n) is 13.1. The summed E-state index contributed by atoms with van der Waals surface area (Å²) >= 11 is 0. The maximum absolute atomic E-state index is 8.24. The molecule has 1 aromatic carbocycles. The van der Waals surface area contributed by atoms with Crippen molar-refractivity contribution in [3.05, 3.63) is 29.9 Å². The van der Waals surface area contributed by atoms with E-state index in [2.05, 4.69) is 10.3 Å². The van der Waals surface area contributed by atoms with Gasteiger partial charge in [0.1, 0.15) is 5.75 Å². The van der Waals surface area contributed by atoms with Crippen LogP contribution in [-0.2, 0) is 0 Å². The molecule has 2 aromatic rings. The third-order valence-electron chi connectivity index (χ3n) is 3.05. The molecular weight excluding hydrogens is 200 g/mol. The third-order valence-corrected chi connectivity index (χ3v) is 3.05. The largest absolute Gasteiger partial charge is 0.497 e. The molecule has 0 bridgehead atoms. The summed E-state index contributed by atoms with van der Waals surface area (Å²) in [6, 6.07) is -0.0268. The molecule has 3 nitrogen and oxygen atoms in total. The first-order valence-corrected chi connectivity index (χ1v) is 5.42. The molecule has 0 unspecified atom stereocenters. The monoisotopic (exact) mass is 220 g/mol. The first-order chi connectivity index (χ1) is 9.56. The summed E-state index contributed by atoms with van der Waals surface area (Å²) in [5.74, 6) is 0.273. The predicted octanol–water partition coefficient (Wildman–Crippen LogP) is 2.25. The molecule has 1 aliphatic heterocycles. The third kappa shape index (κ3) is 1.48. The Morgan fingerprint density at radius 3 is 3.19 bits per heavy atom. The summed E-state index contributed by atoms with van der Waals surface area (Å²) in [6.45, 7) is 1.67. The Balaban J connectivity index is 2.36. The smallest absolute Gasteiger partial charge is 0.119 e. The summed E-state index contributed by atoms with van der Waals surface area (Å²) < 4.78 is 37.4. The minimum atomic E-state index is -0.109. The maximum Gasteiger partial charge on any atom is 0.119 e. The summed E-state index contributed by atoms with van der Waals surface area (Å²) in [5, 5.41) is 3.81. The Hall–Kier alpha value is -1.48. The molecule has 2 heterocycles. The van der Waals surface area contributed by atoms with Crippen LogP contribution in [0.1, 0.15) is 23.4 Å². The first kappa shape index (κ1) is 6.30. The summed E-state index contributed by atoms with van der Waals surface area (Å²) in [4.78, 5) is 2.86. The lowest BCUT2D eigenvalue weighted by atomic mass is 9.98. The van der Waals surface area contributed by atoms with Gasteiger partial charge in [0.05, 0.1) is 12.6 Å². The van der Waals surface area contributed by atoms with Gasteiger partial charge in [0.2, 0.25) is 0 Å². The van der Waals surface area contributed by atoms with Crippen molar-refractivity contribution >= 4 is 10.9 Å². The quantitative estimate of drug-likeness (QED) is 0.814. The normalized spacial score (nSPS) is 23.9. The van der Waals surface area contributed by atoms with E-state index in [0.29, 0.717) is 10.9 Å². The summed E-state index contributed by atoms with van der Waals surface area (Å²) in [5.41, 5.74) is 1.16. The van der Waals surface area contributed by atoms with E-state index in [1.165, 1.54) is 7.11 Å². The van der Waals surface area contributed by atoms with E-state index < -0.39 is 0 Å². The average Bonchev–Trinajstić information content (AvgIpc) is 3.03. The molecule has 1 aliphatic rings. The molecule has 1 aromatic heterocycles. The standard InChI is InChI=1S/C13H16N2O/c1-16-10-2-3-13-11(6-10)12(8-15-13)9-4-5-14-7-9/h2-3,6,8-9,14-15H,4-5,7H2,1H3/t9-/m1/s1/i2D,3D,6D,8D. The number of aromatic amines is 1. The van der Waals surface area contributed by atoms with Crippen LogP contribution in [-0.4, -0.2) is 25.2 Å². The van der Waals surface area contributed by atoms with Gasteiger partial charge in [-0.3, -0.25) is 0 Å². The highest BCUT2D eigenvalue weighted by Gasteiger charge is 2.19. The zero-order chi connectivity index (χ0) is 14.4. The maximum atomic E-state index is 8.24. The van der Waals surface area contributed by atoms with Crippen molar-refractivity contribution in [2.24, 2.45) is 0 Å². The Labute approximate surface area is 100 Å². The lowest BCUT2D eigenvalue weighted by Crippen LogP contribution is -2.07. The van der Waals surface area contributed by atoms with Gasteiger partial charge >= 0.3 is 0 Å². The van der Waals surface area contributed by atoms with Gasteiger partial charge in [-0.15, -0.1) is 0 Å². The molecule has 3 heteroatoms. The van der Waals surface area contributed by atoms with Crippen LogP contribution in [0.25, 0.3) is 10.9 Å². The number of aromatic nitrogens is 1. The molecule has 3 rings (SSSR count). The van der Waals surface area contributed by atoms with Crippen molar-refractivity contribution < 1.29 is 10.2 Å². The number of ether oxygens (including phenoxy) is 1. The molecule has 0 saturated carbocycles. The predicted molar refractivity (Wildman–Crippen MR) is 65.1 cm³/mol. The highest BCUT2D eigenvalue weighted by Crippen LogP contribution is 2.31. The highest BCUT2D eigenvalue weighted by molar-refractivity contribution is 5.85. The van der Waals surface area contributed by atoms with Crippen molar-refractivity contribution in [2.75, 3.05) is 20.2 Å². The lowest BCUT2D eigenvalue weighted by Gasteiger charge is -2.07. The van der Waals surface area contributed by atoms with E-state index >= 15 is 0 Å². The van der Waals surface area contributed by atoms with E-state index in [9.17, 15) is 0 Å². The molecule has 1 saturated heterocycles. The van der Waals surface area contributed by atoms with Crippen LogP contribution in [0.5, 0.6) is 5.75 Å². The minimum absolute atomic E-state index is 0.0152. The van der Waals surface area contributed by atoms with Crippen molar-refractivity contribution in [3.63, 3.8) is 0 Å². The van der Waals surface area contributed by atoms with E-state index in [-0.39, 0.29) is 36.0 Å². The van der Waals surface area contributed by atoms with E-state index in [4.69, 9.17) is 10.2 Å². The summed E-state index contributed by atoms with van der Waals surface area (Å²) in [7, 11) is 1.40. The van der Waals surface area contributed by atoms with Crippen LogP contribution >= 0.6 is 0 Å². The number of H-pyrrole nitrogens is 1. The number of hydrogen-bond donors (Lipinski definition) is 2. The van der Waals surface area contributed by atoms with Crippen LogP contribution in [0.15, 0.2) is 24.3 Å². The number of fused-ring (bicyclic) bond motifs is 1. The molecule has 0 amide bonds.